The summed E-state index contributed by atoms with van der Waals surface area (Å²) in [5, 5.41) is 0. The first-order valence-electron chi connectivity index (χ1n) is 11.8. The van der Waals surface area contributed by atoms with Crippen molar-refractivity contribution in [3.63, 3.8) is 0 Å². The maximum atomic E-state index is 13.2. The van der Waals surface area contributed by atoms with Crippen molar-refractivity contribution in [1.82, 2.24) is 19.4 Å². The van der Waals surface area contributed by atoms with Crippen molar-refractivity contribution in [2.45, 2.75) is 45.7 Å². The molecule has 2 aromatic carbocycles. The molecule has 1 atom stereocenters. The van der Waals surface area contributed by atoms with Gasteiger partial charge in [-0.2, -0.15) is 0 Å². The molecule has 0 aliphatic carbocycles. The van der Waals surface area contributed by atoms with Gasteiger partial charge < -0.3 is 14.4 Å². The summed E-state index contributed by atoms with van der Waals surface area (Å²) in [5.41, 5.74) is 3.38. The third-order valence-corrected chi connectivity index (χ3v) is 6.49. The second-order valence-corrected chi connectivity index (χ2v) is 8.56. The van der Waals surface area contributed by atoms with Gasteiger partial charge in [-0.15, -0.1) is 0 Å². The average molecular weight is 445 g/mol. The number of likely N-dealkylation sites (N-methyl/N-ethyl adjacent to an activating group) is 1. The maximum absolute atomic E-state index is 13.2. The highest BCUT2D eigenvalue weighted by Gasteiger charge is 2.36. The molecule has 0 unspecified atom stereocenters. The minimum atomic E-state index is -0.441. The van der Waals surface area contributed by atoms with Gasteiger partial charge in [0.25, 0.3) is 0 Å². The molecule has 0 bridgehead atoms. The molecule has 1 aromatic heterocycles. The predicted molar refractivity (Wildman–Crippen MR) is 130 cm³/mol. The van der Waals surface area contributed by atoms with Crippen molar-refractivity contribution in [3.8, 4) is 11.1 Å². The monoisotopic (exact) mass is 444 g/mol. The van der Waals surface area contributed by atoms with Gasteiger partial charge in [-0.05, 0) is 37.0 Å². The number of rotatable bonds is 8. The fourth-order valence-electron chi connectivity index (χ4n) is 4.52. The summed E-state index contributed by atoms with van der Waals surface area (Å²) < 4.78 is 2.05. The molecule has 4 rings (SSSR count). The average Bonchev–Trinajstić information content (AvgIpc) is 3.25. The van der Waals surface area contributed by atoms with Crippen molar-refractivity contribution >= 4 is 11.8 Å². The van der Waals surface area contributed by atoms with Crippen LogP contribution in [0.15, 0.2) is 67.0 Å². The van der Waals surface area contributed by atoms with Crippen LogP contribution in [0.3, 0.4) is 0 Å². The lowest BCUT2D eigenvalue weighted by Gasteiger charge is -2.40. The van der Waals surface area contributed by atoms with Crippen molar-refractivity contribution in [2.24, 2.45) is 0 Å². The molecule has 172 valence electrons. The number of aryl methyl sites for hydroxylation is 2. The second kappa shape index (κ2) is 10.5. The van der Waals surface area contributed by atoms with Gasteiger partial charge in [-0.3, -0.25) is 9.59 Å². The summed E-state index contributed by atoms with van der Waals surface area (Å²) in [7, 11) is 0. The van der Waals surface area contributed by atoms with Crippen molar-refractivity contribution in [3.05, 3.63) is 78.4 Å². The van der Waals surface area contributed by atoms with E-state index in [1.165, 1.54) is 5.56 Å². The van der Waals surface area contributed by atoms with Crippen LogP contribution in [-0.4, -0.2) is 56.8 Å². The molecule has 0 N–H and O–H groups in total. The number of nitrogens with zero attached hydrogens (tertiary/aromatic N) is 4. The lowest BCUT2D eigenvalue weighted by atomic mass is 9.98. The number of aromatic nitrogens is 2. The molecular weight excluding hydrogens is 412 g/mol. The van der Waals surface area contributed by atoms with Gasteiger partial charge >= 0.3 is 0 Å². The molecule has 6 heteroatoms. The standard InChI is InChI=1S/C27H32N4O2/c1-3-29-18-19-31(26(32)10-7-16-30-17-15-28-21(30)2)25(27(29)33)20-22-11-13-24(14-12-22)23-8-5-4-6-9-23/h4-6,8-9,11-15,17,25H,3,7,10,16,18-20H2,1-2H3/t25-/m0/s1. The van der Waals surface area contributed by atoms with Crippen LogP contribution >= 0.6 is 0 Å². The van der Waals surface area contributed by atoms with E-state index in [-0.39, 0.29) is 11.8 Å². The van der Waals surface area contributed by atoms with Crippen LogP contribution < -0.4 is 0 Å². The SMILES string of the molecule is CCN1CCN(C(=O)CCCn2ccnc2C)[C@@H](Cc2ccc(-c3ccccc3)cc2)C1=O. The van der Waals surface area contributed by atoms with E-state index in [4.69, 9.17) is 0 Å². The Morgan fingerprint density at radius 1 is 1.03 bits per heavy atom. The largest absolute Gasteiger partial charge is 0.339 e. The van der Waals surface area contributed by atoms with E-state index in [2.05, 4.69) is 45.9 Å². The molecule has 1 saturated heterocycles. The van der Waals surface area contributed by atoms with E-state index in [0.717, 1.165) is 29.9 Å². The van der Waals surface area contributed by atoms with Crippen molar-refractivity contribution < 1.29 is 9.59 Å². The minimum absolute atomic E-state index is 0.0506. The molecule has 0 saturated carbocycles. The Labute approximate surface area is 195 Å². The predicted octanol–water partition coefficient (Wildman–Crippen LogP) is 3.94. The minimum Gasteiger partial charge on any atom is -0.339 e. The summed E-state index contributed by atoms with van der Waals surface area (Å²) in [5.74, 6) is 1.06. The molecule has 2 heterocycles. The summed E-state index contributed by atoms with van der Waals surface area (Å²) in [4.78, 5) is 34.2. The number of benzene rings is 2. The first-order chi connectivity index (χ1) is 16.1. The van der Waals surface area contributed by atoms with Crippen LogP contribution in [-0.2, 0) is 22.6 Å². The van der Waals surface area contributed by atoms with Gasteiger partial charge in [-0.25, -0.2) is 4.98 Å². The number of imidazole rings is 1. The molecular formula is C27H32N4O2. The highest BCUT2D eigenvalue weighted by atomic mass is 16.2. The first kappa shape index (κ1) is 22.8. The fourth-order valence-corrected chi connectivity index (χ4v) is 4.52. The lowest BCUT2D eigenvalue weighted by molar-refractivity contribution is -0.151. The van der Waals surface area contributed by atoms with E-state index in [1.807, 2.05) is 43.1 Å². The normalized spacial score (nSPS) is 16.3. The van der Waals surface area contributed by atoms with E-state index >= 15 is 0 Å². The Morgan fingerprint density at radius 3 is 2.42 bits per heavy atom. The molecule has 1 fully saturated rings. The number of carbonyl (C=O) groups excluding carboxylic acids is 2. The molecule has 1 aliphatic rings. The fraction of sp³-hybridized carbons (Fsp3) is 0.370. The summed E-state index contributed by atoms with van der Waals surface area (Å²) in [6.07, 6.45) is 5.41. The third-order valence-electron chi connectivity index (χ3n) is 6.49. The number of carbonyl (C=O) groups is 2. The molecule has 3 aromatic rings. The Balaban J connectivity index is 1.44. The number of piperazine rings is 1. The van der Waals surface area contributed by atoms with Gasteiger partial charge in [-0.1, -0.05) is 54.6 Å². The number of amides is 2. The third kappa shape index (κ3) is 5.33. The summed E-state index contributed by atoms with van der Waals surface area (Å²) in [6.45, 7) is 6.58. The van der Waals surface area contributed by atoms with Gasteiger partial charge in [0.05, 0.1) is 0 Å². The van der Waals surface area contributed by atoms with Crippen LogP contribution in [0.1, 0.15) is 31.2 Å². The van der Waals surface area contributed by atoms with Crippen molar-refractivity contribution in [1.29, 1.82) is 0 Å². The van der Waals surface area contributed by atoms with E-state index in [1.54, 1.807) is 11.1 Å². The second-order valence-electron chi connectivity index (χ2n) is 8.56. The molecule has 2 amide bonds. The first-order valence-corrected chi connectivity index (χ1v) is 11.8. The molecule has 6 nitrogen and oxygen atoms in total. The van der Waals surface area contributed by atoms with Crippen LogP contribution in [0.5, 0.6) is 0 Å². The zero-order chi connectivity index (χ0) is 23.2. The van der Waals surface area contributed by atoms with Gasteiger partial charge in [0.1, 0.15) is 11.9 Å². The molecule has 0 radical (unpaired) electrons. The Hall–Kier alpha value is -3.41. The number of hydrogen-bond donors (Lipinski definition) is 0. The highest BCUT2D eigenvalue weighted by molar-refractivity contribution is 5.89. The molecule has 1 aliphatic heterocycles. The highest BCUT2D eigenvalue weighted by Crippen LogP contribution is 2.22. The summed E-state index contributed by atoms with van der Waals surface area (Å²) >= 11 is 0. The Kier molecular flexibility index (Phi) is 7.23. The zero-order valence-corrected chi connectivity index (χ0v) is 19.5. The van der Waals surface area contributed by atoms with Crippen LogP contribution in [0.4, 0.5) is 0 Å². The Bertz CT molecular complexity index is 1080. The Morgan fingerprint density at radius 2 is 1.76 bits per heavy atom. The summed E-state index contributed by atoms with van der Waals surface area (Å²) in [6, 6.07) is 18.1. The van der Waals surface area contributed by atoms with Crippen LogP contribution in [0.2, 0.25) is 0 Å². The van der Waals surface area contributed by atoms with Crippen molar-refractivity contribution in [2.75, 3.05) is 19.6 Å². The van der Waals surface area contributed by atoms with Crippen LogP contribution in [0.25, 0.3) is 11.1 Å². The number of hydrogen-bond acceptors (Lipinski definition) is 3. The lowest BCUT2D eigenvalue weighted by Crippen LogP contribution is -2.59. The molecule has 0 spiro atoms. The molecule has 33 heavy (non-hydrogen) atoms. The quantitative estimate of drug-likeness (QED) is 0.529. The van der Waals surface area contributed by atoms with Crippen LogP contribution in [0, 0.1) is 6.92 Å². The maximum Gasteiger partial charge on any atom is 0.245 e. The zero-order valence-electron chi connectivity index (χ0n) is 19.5. The van der Waals surface area contributed by atoms with E-state index in [9.17, 15) is 9.59 Å². The topological polar surface area (TPSA) is 58.4 Å². The van der Waals surface area contributed by atoms with Gasteiger partial charge in [0, 0.05) is 51.4 Å². The smallest absolute Gasteiger partial charge is 0.245 e. The van der Waals surface area contributed by atoms with E-state index < -0.39 is 6.04 Å². The van der Waals surface area contributed by atoms with Gasteiger partial charge in [0.15, 0.2) is 0 Å². The van der Waals surface area contributed by atoms with Gasteiger partial charge in [0.2, 0.25) is 11.8 Å². The van der Waals surface area contributed by atoms with E-state index in [0.29, 0.717) is 32.5 Å².